The highest BCUT2D eigenvalue weighted by Gasteiger charge is 2.13. The van der Waals surface area contributed by atoms with E-state index in [-0.39, 0.29) is 5.91 Å². The van der Waals surface area contributed by atoms with Gasteiger partial charge in [-0.15, -0.1) is 0 Å². The zero-order chi connectivity index (χ0) is 13.4. The van der Waals surface area contributed by atoms with E-state index < -0.39 is 5.76 Å². The van der Waals surface area contributed by atoms with E-state index in [9.17, 15) is 9.59 Å². The molecule has 0 aliphatic heterocycles. The van der Waals surface area contributed by atoms with Crippen molar-refractivity contribution < 1.29 is 13.6 Å². The van der Waals surface area contributed by atoms with Gasteiger partial charge in [0.05, 0.1) is 17.3 Å². The summed E-state index contributed by atoms with van der Waals surface area (Å²) in [7, 11) is 0. The molecule has 0 saturated heterocycles. The van der Waals surface area contributed by atoms with Crippen LogP contribution in [0, 0.1) is 0 Å². The van der Waals surface area contributed by atoms with Gasteiger partial charge in [-0.2, -0.15) is 0 Å². The lowest BCUT2D eigenvalue weighted by atomic mass is 10.2. The Bertz CT molecular complexity index is 814. The topological polar surface area (TPSA) is 88.2 Å². The Morgan fingerprint density at radius 2 is 2.16 bits per heavy atom. The molecule has 3 aromatic rings. The molecule has 0 aliphatic carbocycles. The van der Waals surface area contributed by atoms with Gasteiger partial charge in [0.2, 0.25) is 0 Å². The Morgan fingerprint density at radius 1 is 1.32 bits per heavy atom. The Labute approximate surface area is 114 Å². The largest absolute Gasteiger partial charge is 0.457 e. The fourth-order valence-electron chi connectivity index (χ4n) is 1.68. The lowest BCUT2D eigenvalue weighted by molar-refractivity contribution is 0.102. The van der Waals surface area contributed by atoms with Gasteiger partial charge in [-0.05, 0) is 40.2 Å². The number of carbonyl (C=O) groups excluding carboxylic acids is 1. The zero-order valence-corrected chi connectivity index (χ0v) is 11.0. The van der Waals surface area contributed by atoms with Crippen molar-refractivity contribution in [3.8, 4) is 0 Å². The lowest BCUT2D eigenvalue weighted by Gasteiger charge is -2.03. The van der Waals surface area contributed by atoms with Crippen molar-refractivity contribution in [2.24, 2.45) is 0 Å². The SMILES string of the molecule is O=C(Nc1ccc2oc(=O)[nH]c2c1)c1ccoc1Br. The monoisotopic (exact) mass is 322 g/mol. The minimum absolute atomic E-state index is 0.314. The number of oxazole rings is 1. The zero-order valence-electron chi connectivity index (χ0n) is 9.40. The molecular weight excluding hydrogens is 316 g/mol. The summed E-state index contributed by atoms with van der Waals surface area (Å²) in [5, 5.41) is 2.69. The highest BCUT2D eigenvalue weighted by Crippen LogP contribution is 2.21. The molecule has 0 unspecified atom stereocenters. The quantitative estimate of drug-likeness (QED) is 0.759. The molecule has 2 heterocycles. The number of halogens is 1. The standard InChI is InChI=1S/C12H7BrN2O4/c13-10-7(3-4-18-10)11(16)14-6-1-2-9-8(5-6)15-12(17)19-9/h1-5H,(H,14,16)(H,15,17). The van der Waals surface area contributed by atoms with Crippen LogP contribution in [0.15, 0.2) is 48.8 Å². The first-order chi connectivity index (χ1) is 9.13. The summed E-state index contributed by atoms with van der Waals surface area (Å²) < 4.78 is 10.2. The fraction of sp³-hybridized carbons (Fsp3) is 0. The maximum Gasteiger partial charge on any atom is 0.417 e. The maximum atomic E-state index is 11.9. The maximum absolute atomic E-state index is 11.9. The number of anilines is 1. The Balaban J connectivity index is 1.91. The summed E-state index contributed by atoms with van der Waals surface area (Å²) in [6.07, 6.45) is 1.41. The van der Waals surface area contributed by atoms with Gasteiger partial charge >= 0.3 is 5.76 Å². The molecule has 0 atom stereocenters. The average Bonchev–Trinajstić information content (AvgIpc) is 2.93. The van der Waals surface area contributed by atoms with Gasteiger partial charge in [0.1, 0.15) is 0 Å². The Kier molecular flexibility index (Phi) is 2.75. The molecule has 2 aromatic heterocycles. The van der Waals surface area contributed by atoms with Crippen molar-refractivity contribution in [3.63, 3.8) is 0 Å². The highest BCUT2D eigenvalue weighted by molar-refractivity contribution is 9.10. The number of benzene rings is 1. The normalized spacial score (nSPS) is 10.8. The third kappa shape index (κ3) is 2.19. The van der Waals surface area contributed by atoms with Crippen molar-refractivity contribution in [1.29, 1.82) is 0 Å². The van der Waals surface area contributed by atoms with Crippen LogP contribution >= 0.6 is 15.9 Å². The summed E-state index contributed by atoms with van der Waals surface area (Å²) in [6, 6.07) is 6.42. The minimum atomic E-state index is -0.531. The number of hydrogen-bond donors (Lipinski definition) is 2. The molecule has 2 N–H and O–H groups in total. The van der Waals surface area contributed by atoms with Crippen molar-refractivity contribution in [2.75, 3.05) is 5.32 Å². The van der Waals surface area contributed by atoms with Crippen LogP contribution in [0.25, 0.3) is 11.1 Å². The molecule has 1 aromatic carbocycles. The van der Waals surface area contributed by atoms with Crippen LogP contribution in [0.3, 0.4) is 0 Å². The lowest BCUT2D eigenvalue weighted by Crippen LogP contribution is -2.11. The number of H-pyrrole nitrogens is 1. The molecule has 3 rings (SSSR count). The van der Waals surface area contributed by atoms with Crippen LogP contribution in [0.4, 0.5) is 5.69 Å². The van der Waals surface area contributed by atoms with E-state index in [1.807, 2.05) is 0 Å². The smallest absolute Gasteiger partial charge is 0.417 e. The van der Waals surface area contributed by atoms with Gasteiger partial charge in [0.15, 0.2) is 10.3 Å². The number of fused-ring (bicyclic) bond motifs is 1. The second-order valence-corrected chi connectivity index (χ2v) is 4.51. The first kappa shape index (κ1) is 11.8. The third-order valence-corrected chi connectivity index (χ3v) is 3.15. The second kappa shape index (κ2) is 4.43. The molecule has 0 aliphatic rings. The summed E-state index contributed by atoms with van der Waals surface area (Å²) in [5.74, 6) is -0.845. The number of carbonyl (C=O) groups is 1. The van der Waals surface area contributed by atoms with E-state index >= 15 is 0 Å². The molecule has 0 saturated carbocycles. The average molecular weight is 323 g/mol. The summed E-state index contributed by atoms with van der Waals surface area (Å²) in [6.45, 7) is 0. The molecule has 0 bridgehead atoms. The van der Waals surface area contributed by atoms with Crippen LogP contribution < -0.4 is 11.1 Å². The number of amides is 1. The van der Waals surface area contributed by atoms with Crippen LogP contribution in [0.5, 0.6) is 0 Å². The number of hydrogen-bond acceptors (Lipinski definition) is 4. The van der Waals surface area contributed by atoms with Gasteiger partial charge in [-0.1, -0.05) is 0 Å². The van der Waals surface area contributed by atoms with Crippen molar-refractivity contribution >= 4 is 38.6 Å². The molecule has 19 heavy (non-hydrogen) atoms. The number of nitrogens with one attached hydrogen (secondary N) is 2. The van der Waals surface area contributed by atoms with Gasteiger partial charge in [-0.25, -0.2) is 4.79 Å². The number of aromatic amines is 1. The highest BCUT2D eigenvalue weighted by atomic mass is 79.9. The molecule has 7 heteroatoms. The summed E-state index contributed by atoms with van der Waals surface area (Å²) in [4.78, 5) is 25.5. The van der Waals surface area contributed by atoms with Crippen LogP contribution in [-0.4, -0.2) is 10.9 Å². The van der Waals surface area contributed by atoms with Gasteiger partial charge in [0.25, 0.3) is 5.91 Å². The molecular formula is C12H7BrN2O4. The first-order valence-electron chi connectivity index (χ1n) is 5.31. The Morgan fingerprint density at radius 3 is 2.89 bits per heavy atom. The molecule has 0 fully saturated rings. The van der Waals surface area contributed by atoms with E-state index in [2.05, 4.69) is 26.2 Å². The summed E-state index contributed by atoms with van der Waals surface area (Å²) in [5.41, 5.74) is 1.89. The van der Waals surface area contributed by atoms with E-state index in [0.717, 1.165) is 0 Å². The number of aromatic nitrogens is 1. The second-order valence-electron chi connectivity index (χ2n) is 3.79. The minimum Gasteiger partial charge on any atom is -0.457 e. The van der Waals surface area contributed by atoms with Crippen molar-refractivity contribution in [2.45, 2.75) is 0 Å². The molecule has 6 nitrogen and oxygen atoms in total. The fourth-order valence-corrected chi connectivity index (χ4v) is 2.10. The molecule has 1 amide bonds. The predicted molar refractivity (Wildman–Crippen MR) is 71.2 cm³/mol. The van der Waals surface area contributed by atoms with Gasteiger partial charge in [-0.3, -0.25) is 9.78 Å². The number of rotatable bonds is 2. The first-order valence-corrected chi connectivity index (χ1v) is 6.10. The summed E-state index contributed by atoms with van der Waals surface area (Å²) >= 11 is 3.13. The van der Waals surface area contributed by atoms with Gasteiger partial charge < -0.3 is 14.2 Å². The van der Waals surface area contributed by atoms with E-state index in [4.69, 9.17) is 8.83 Å². The van der Waals surface area contributed by atoms with Crippen molar-refractivity contribution in [1.82, 2.24) is 4.98 Å². The van der Waals surface area contributed by atoms with Crippen LogP contribution in [0.1, 0.15) is 10.4 Å². The van der Waals surface area contributed by atoms with E-state index in [1.165, 1.54) is 6.26 Å². The van der Waals surface area contributed by atoms with Gasteiger partial charge in [0, 0.05) is 5.69 Å². The molecule has 0 radical (unpaired) electrons. The van der Waals surface area contributed by atoms with Crippen molar-refractivity contribution in [3.05, 3.63) is 51.3 Å². The van der Waals surface area contributed by atoms with Crippen LogP contribution in [-0.2, 0) is 0 Å². The van der Waals surface area contributed by atoms with E-state index in [0.29, 0.717) is 27.0 Å². The van der Waals surface area contributed by atoms with Crippen LogP contribution in [0.2, 0.25) is 0 Å². The number of furan rings is 1. The Hall–Kier alpha value is -2.28. The third-order valence-electron chi connectivity index (χ3n) is 2.54. The molecule has 96 valence electrons. The molecule has 0 spiro atoms. The van der Waals surface area contributed by atoms with E-state index in [1.54, 1.807) is 24.3 Å². The predicted octanol–water partition coefficient (Wildman–Crippen LogP) is 2.73.